The Morgan fingerprint density at radius 2 is 1.72 bits per heavy atom. The van der Waals surface area contributed by atoms with Crippen LogP contribution in [0.25, 0.3) is 0 Å². The molecule has 0 aliphatic rings. The van der Waals surface area contributed by atoms with Gasteiger partial charge in [-0.05, 0) is 36.8 Å². The second-order valence-corrected chi connectivity index (χ2v) is 5.96. The molecule has 0 aliphatic carbocycles. The van der Waals surface area contributed by atoms with Crippen LogP contribution < -0.4 is 10.6 Å². The van der Waals surface area contributed by atoms with E-state index in [9.17, 15) is 4.79 Å². The van der Waals surface area contributed by atoms with Gasteiger partial charge in [-0.25, -0.2) is 9.97 Å². The normalized spacial score (nSPS) is 11.6. The second kappa shape index (κ2) is 7.77. The van der Waals surface area contributed by atoms with Gasteiger partial charge in [0, 0.05) is 10.7 Å². The fraction of sp³-hybridized carbons (Fsp3) is 0.105. The molecule has 0 aliphatic heterocycles. The lowest BCUT2D eigenvalue weighted by Crippen LogP contribution is -2.27. The number of anilines is 2. The first-order valence-electron chi connectivity index (χ1n) is 7.82. The molecule has 3 rings (SSSR count). The summed E-state index contributed by atoms with van der Waals surface area (Å²) >= 11 is 5.86. The molecule has 1 heterocycles. The molecule has 0 fully saturated rings. The van der Waals surface area contributed by atoms with Gasteiger partial charge in [-0.3, -0.25) is 4.79 Å². The van der Waals surface area contributed by atoms with E-state index in [1.165, 1.54) is 12.4 Å². The summed E-state index contributed by atoms with van der Waals surface area (Å²) < 4.78 is 0. The molecule has 0 bridgehead atoms. The molecule has 2 N–H and O–H groups in total. The quantitative estimate of drug-likeness (QED) is 0.715. The van der Waals surface area contributed by atoms with Crippen LogP contribution in [0.4, 0.5) is 11.5 Å². The van der Waals surface area contributed by atoms with Crippen LogP contribution in [-0.2, 0) is 0 Å². The van der Waals surface area contributed by atoms with Crippen LogP contribution in [-0.4, -0.2) is 15.9 Å². The summed E-state index contributed by atoms with van der Waals surface area (Å²) in [5, 5.41) is 6.67. The average Bonchev–Trinajstić information content (AvgIpc) is 2.65. The molecule has 0 spiro atoms. The number of carbonyl (C=O) groups excluding carboxylic acids is 1. The number of nitrogens with zero attached hydrogens (tertiary/aromatic N) is 2. The summed E-state index contributed by atoms with van der Waals surface area (Å²) in [5.74, 6) is 0.289. The number of carbonyl (C=O) groups is 1. The molecular formula is C19H17ClN4O. The third kappa shape index (κ3) is 4.55. The van der Waals surface area contributed by atoms with Crippen molar-refractivity contribution in [2.75, 3.05) is 5.32 Å². The molecule has 3 aromatic rings. The SMILES string of the molecule is CC(NC(=O)c1cnc(Nc2ccc(Cl)cc2)cn1)c1ccccc1. The zero-order chi connectivity index (χ0) is 17.6. The molecule has 25 heavy (non-hydrogen) atoms. The van der Waals surface area contributed by atoms with Crippen LogP contribution in [0, 0.1) is 0 Å². The molecule has 6 heteroatoms. The molecule has 1 amide bonds. The van der Waals surface area contributed by atoms with Crippen LogP contribution in [0.3, 0.4) is 0 Å². The number of rotatable bonds is 5. The van der Waals surface area contributed by atoms with E-state index in [1.54, 1.807) is 12.1 Å². The summed E-state index contributed by atoms with van der Waals surface area (Å²) in [4.78, 5) is 20.7. The third-order valence-electron chi connectivity index (χ3n) is 3.65. The lowest BCUT2D eigenvalue weighted by atomic mass is 10.1. The van der Waals surface area contributed by atoms with Crippen LogP contribution >= 0.6 is 11.6 Å². The number of benzene rings is 2. The Labute approximate surface area is 151 Å². The Balaban J connectivity index is 1.63. The molecule has 0 saturated heterocycles. The highest BCUT2D eigenvalue weighted by Gasteiger charge is 2.12. The molecule has 0 radical (unpaired) electrons. The molecule has 1 aromatic heterocycles. The standard InChI is InChI=1S/C19H17ClN4O/c1-13(14-5-3-2-4-6-14)23-19(25)17-11-22-18(12-21-17)24-16-9-7-15(20)8-10-16/h2-13H,1H3,(H,22,24)(H,23,25). The smallest absolute Gasteiger partial charge is 0.271 e. The average molecular weight is 353 g/mol. The molecule has 1 atom stereocenters. The third-order valence-corrected chi connectivity index (χ3v) is 3.90. The topological polar surface area (TPSA) is 66.9 Å². The fourth-order valence-corrected chi connectivity index (χ4v) is 2.41. The van der Waals surface area contributed by atoms with Crippen molar-refractivity contribution in [2.24, 2.45) is 0 Å². The van der Waals surface area contributed by atoms with Gasteiger partial charge in [0.05, 0.1) is 18.4 Å². The molecule has 2 aromatic carbocycles. The number of hydrogen-bond donors (Lipinski definition) is 2. The lowest BCUT2D eigenvalue weighted by molar-refractivity contribution is 0.0934. The molecule has 1 unspecified atom stereocenters. The molecule has 0 saturated carbocycles. The van der Waals surface area contributed by atoms with Crippen molar-refractivity contribution in [1.29, 1.82) is 0 Å². The Bertz CT molecular complexity index is 836. The summed E-state index contributed by atoms with van der Waals surface area (Å²) in [5.41, 5.74) is 2.14. The van der Waals surface area contributed by atoms with Gasteiger partial charge < -0.3 is 10.6 Å². The predicted octanol–water partition coefficient (Wildman–Crippen LogP) is 4.36. The first-order valence-corrected chi connectivity index (χ1v) is 8.20. The number of aromatic nitrogens is 2. The van der Waals surface area contributed by atoms with E-state index in [0.29, 0.717) is 10.8 Å². The summed E-state index contributed by atoms with van der Waals surface area (Å²) in [6, 6.07) is 16.9. The number of amides is 1. The second-order valence-electron chi connectivity index (χ2n) is 5.52. The van der Waals surface area contributed by atoms with Crippen molar-refractivity contribution in [1.82, 2.24) is 15.3 Å². The Morgan fingerprint density at radius 3 is 2.36 bits per heavy atom. The van der Waals surface area contributed by atoms with Crippen molar-refractivity contribution < 1.29 is 4.79 Å². The minimum Gasteiger partial charge on any atom is -0.344 e. The Kier molecular flexibility index (Phi) is 5.26. The number of hydrogen-bond acceptors (Lipinski definition) is 4. The highest BCUT2D eigenvalue weighted by Crippen LogP contribution is 2.17. The highest BCUT2D eigenvalue weighted by molar-refractivity contribution is 6.30. The van der Waals surface area contributed by atoms with E-state index in [4.69, 9.17) is 11.6 Å². The van der Waals surface area contributed by atoms with Crippen molar-refractivity contribution in [3.05, 3.63) is 83.3 Å². The van der Waals surface area contributed by atoms with E-state index in [0.717, 1.165) is 11.3 Å². The van der Waals surface area contributed by atoms with Crippen LogP contribution in [0.1, 0.15) is 29.0 Å². The predicted molar refractivity (Wildman–Crippen MR) is 99.1 cm³/mol. The maximum absolute atomic E-state index is 12.3. The minimum absolute atomic E-state index is 0.109. The zero-order valence-electron chi connectivity index (χ0n) is 13.6. The Morgan fingerprint density at radius 1 is 1.00 bits per heavy atom. The summed E-state index contributed by atoms with van der Waals surface area (Å²) in [6.07, 6.45) is 2.97. The van der Waals surface area contributed by atoms with E-state index in [2.05, 4.69) is 20.6 Å². The van der Waals surface area contributed by atoms with Gasteiger partial charge in [0.15, 0.2) is 0 Å². The number of halogens is 1. The van der Waals surface area contributed by atoms with E-state index in [1.807, 2.05) is 49.4 Å². The van der Waals surface area contributed by atoms with Crippen molar-refractivity contribution in [3.63, 3.8) is 0 Å². The maximum Gasteiger partial charge on any atom is 0.271 e. The van der Waals surface area contributed by atoms with Crippen LogP contribution in [0.5, 0.6) is 0 Å². The van der Waals surface area contributed by atoms with Crippen molar-refractivity contribution in [2.45, 2.75) is 13.0 Å². The first-order chi connectivity index (χ1) is 12.1. The highest BCUT2D eigenvalue weighted by atomic mass is 35.5. The lowest BCUT2D eigenvalue weighted by Gasteiger charge is -2.14. The largest absolute Gasteiger partial charge is 0.344 e. The minimum atomic E-state index is -0.262. The number of nitrogens with one attached hydrogen (secondary N) is 2. The van der Waals surface area contributed by atoms with E-state index < -0.39 is 0 Å². The van der Waals surface area contributed by atoms with Gasteiger partial charge >= 0.3 is 0 Å². The first kappa shape index (κ1) is 16.9. The zero-order valence-corrected chi connectivity index (χ0v) is 14.4. The monoisotopic (exact) mass is 352 g/mol. The molecular weight excluding hydrogens is 336 g/mol. The van der Waals surface area contributed by atoms with Gasteiger partial charge in [0.1, 0.15) is 11.5 Å². The summed E-state index contributed by atoms with van der Waals surface area (Å²) in [6.45, 7) is 1.93. The van der Waals surface area contributed by atoms with Crippen LogP contribution in [0.2, 0.25) is 5.02 Å². The Hall–Kier alpha value is -2.92. The maximum atomic E-state index is 12.3. The van der Waals surface area contributed by atoms with E-state index in [-0.39, 0.29) is 17.6 Å². The summed E-state index contributed by atoms with van der Waals surface area (Å²) in [7, 11) is 0. The van der Waals surface area contributed by atoms with Gasteiger partial charge in [-0.15, -0.1) is 0 Å². The van der Waals surface area contributed by atoms with E-state index >= 15 is 0 Å². The molecule has 5 nitrogen and oxygen atoms in total. The van der Waals surface area contributed by atoms with Gasteiger partial charge in [-0.2, -0.15) is 0 Å². The molecule has 126 valence electrons. The van der Waals surface area contributed by atoms with Crippen LogP contribution in [0.15, 0.2) is 67.0 Å². The van der Waals surface area contributed by atoms with Gasteiger partial charge in [0.2, 0.25) is 0 Å². The fourth-order valence-electron chi connectivity index (χ4n) is 2.29. The van der Waals surface area contributed by atoms with Crippen molar-refractivity contribution >= 4 is 29.0 Å². The van der Waals surface area contributed by atoms with Gasteiger partial charge in [-0.1, -0.05) is 41.9 Å². The van der Waals surface area contributed by atoms with Crippen molar-refractivity contribution in [3.8, 4) is 0 Å². The van der Waals surface area contributed by atoms with Gasteiger partial charge in [0.25, 0.3) is 5.91 Å².